The molecule has 1 aliphatic heterocycles. The largest absolute Gasteiger partial charge is 0.484 e. The smallest absolute Gasteiger partial charge is 0.416 e. The van der Waals surface area contributed by atoms with Crippen molar-refractivity contribution in [3.8, 4) is 5.75 Å². The Morgan fingerprint density at radius 3 is 2.39 bits per heavy atom. The van der Waals surface area contributed by atoms with E-state index in [0.29, 0.717) is 29.5 Å². The molecule has 3 rings (SSSR count). The van der Waals surface area contributed by atoms with Gasteiger partial charge < -0.3 is 19.6 Å². The highest BCUT2D eigenvalue weighted by Crippen LogP contribution is 2.29. The minimum atomic E-state index is -4.36. The molecule has 0 spiro atoms. The fourth-order valence-electron chi connectivity index (χ4n) is 3.25. The van der Waals surface area contributed by atoms with E-state index in [1.54, 1.807) is 31.2 Å². The van der Waals surface area contributed by atoms with Gasteiger partial charge in [-0.15, -0.1) is 0 Å². The lowest BCUT2D eigenvalue weighted by Gasteiger charge is -2.22. The summed E-state index contributed by atoms with van der Waals surface area (Å²) < 4.78 is 48.6. The number of halogens is 3. The molecule has 1 aliphatic rings. The summed E-state index contributed by atoms with van der Waals surface area (Å²) in [6.07, 6.45) is -2.45. The number of carbonyl (C=O) groups excluding carboxylic acids is 1. The Balaban J connectivity index is 1.41. The Morgan fingerprint density at radius 2 is 1.76 bits per heavy atom. The van der Waals surface area contributed by atoms with Crippen LogP contribution in [0.1, 0.15) is 36.5 Å². The first-order valence-electron chi connectivity index (χ1n) is 10.7. The number of alkyl halides is 3. The number of amides is 1. The zero-order valence-electron chi connectivity index (χ0n) is 18.4. The molecule has 0 atom stereocenters. The molecule has 6 nitrogen and oxygen atoms in total. The fraction of sp³-hybridized carbons (Fsp3) is 0.417. The highest BCUT2D eigenvalue weighted by atomic mass is 19.4. The minimum Gasteiger partial charge on any atom is -0.484 e. The third-order valence-electron chi connectivity index (χ3n) is 5.28. The summed E-state index contributed by atoms with van der Waals surface area (Å²) in [4.78, 5) is 17.2. The summed E-state index contributed by atoms with van der Waals surface area (Å²) in [6, 6.07) is 11.8. The van der Waals surface area contributed by atoms with Gasteiger partial charge in [-0.2, -0.15) is 13.2 Å². The van der Waals surface area contributed by atoms with Crippen LogP contribution in [0.15, 0.2) is 53.7 Å². The molecule has 0 unspecified atom stereocenters. The predicted molar refractivity (Wildman–Crippen MR) is 117 cm³/mol. The van der Waals surface area contributed by atoms with Gasteiger partial charge in [-0.05, 0) is 73.2 Å². The second-order valence-corrected chi connectivity index (χ2v) is 7.82. The Bertz CT molecular complexity index is 922. The fourth-order valence-corrected chi connectivity index (χ4v) is 3.25. The molecule has 0 radical (unpaired) electrons. The van der Waals surface area contributed by atoms with Crippen molar-refractivity contribution in [2.45, 2.75) is 32.5 Å². The molecule has 1 N–H and O–H groups in total. The van der Waals surface area contributed by atoms with Gasteiger partial charge in [0.1, 0.15) is 12.4 Å². The number of rotatable bonds is 9. The van der Waals surface area contributed by atoms with Crippen molar-refractivity contribution < 1.29 is 32.3 Å². The first kappa shape index (κ1) is 24.6. The normalized spacial score (nSPS) is 15.2. The standard InChI is InChI=1S/C24H27F3N2O4/c1-17(29-33-15-19-2-6-21(7-3-19)24(25,26)27)20-4-8-22(9-5-20)32-16-23(30)28-14-18-10-12-31-13-11-18/h2-9,18H,10-16H2,1H3,(H,28,30)/b29-17+. The van der Waals surface area contributed by atoms with Crippen LogP contribution >= 0.6 is 0 Å². The van der Waals surface area contributed by atoms with Crippen LogP contribution in [0, 0.1) is 5.92 Å². The van der Waals surface area contributed by atoms with Gasteiger partial charge in [-0.25, -0.2) is 0 Å². The van der Waals surface area contributed by atoms with Crippen molar-refractivity contribution in [1.82, 2.24) is 5.32 Å². The highest BCUT2D eigenvalue weighted by molar-refractivity contribution is 5.98. The van der Waals surface area contributed by atoms with Gasteiger partial charge in [0.25, 0.3) is 5.91 Å². The van der Waals surface area contributed by atoms with Gasteiger partial charge in [0.2, 0.25) is 0 Å². The van der Waals surface area contributed by atoms with Crippen molar-refractivity contribution >= 4 is 11.6 Å². The third kappa shape index (κ3) is 8.09. The summed E-state index contributed by atoms with van der Waals surface area (Å²) in [5, 5.41) is 6.90. The molecule has 0 bridgehead atoms. The molecular weight excluding hydrogens is 437 g/mol. The monoisotopic (exact) mass is 464 g/mol. The first-order valence-corrected chi connectivity index (χ1v) is 10.7. The number of carbonyl (C=O) groups is 1. The Morgan fingerprint density at radius 1 is 1.09 bits per heavy atom. The van der Waals surface area contributed by atoms with Gasteiger partial charge in [-0.1, -0.05) is 17.3 Å². The number of nitrogens with one attached hydrogen (secondary N) is 1. The van der Waals surface area contributed by atoms with E-state index in [2.05, 4.69) is 10.5 Å². The predicted octanol–water partition coefficient (Wildman–Crippen LogP) is 4.57. The van der Waals surface area contributed by atoms with E-state index in [0.717, 1.165) is 43.8 Å². The summed E-state index contributed by atoms with van der Waals surface area (Å²) in [6.45, 7) is 3.86. The first-order chi connectivity index (χ1) is 15.8. The van der Waals surface area contributed by atoms with Crippen molar-refractivity contribution in [3.05, 3.63) is 65.2 Å². The van der Waals surface area contributed by atoms with Gasteiger partial charge >= 0.3 is 6.18 Å². The van der Waals surface area contributed by atoms with E-state index in [-0.39, 0.29) is 19.1 Å². The molecule has 0 saturated carbocycles. The third-order valence-corrected chi connectivity index (χ3v) is 5.28. The second kappa shape index (κ2) is 11.7. The molecule has 33 heavy (non-hydrogen) atoms. The van der Waals surface area contributed by atoms with Crippen LogP contribution in [0.25, 0.3) is 0 Å². The number of benzene rings is 2. The van der Waals surface area contributed by atoms with Gasteiger partial charge in [0.05, 0.1) is 11.3 Å². The average molecular weight is 464 g/mol. The Kier molecular flexibility index (Phi) is 8.71. The number of hydrogen-bond acceptors (Lipinski definition) is 5. The van der Waals surface area contributed by atoms with Gasteiger partial charge in [-0.3, -0.25) is 4.79 Å². The maximum absolute atomic E-state index is 12.6. The van der Waals surface area contributed by atoms with E-state index in [4.69, 9.17) is 14.3 Å². The molecular formula is C24H27F3N2O4. The minimum absolute atomic E-state index is 0.0552. The molecule has 1 saturated heterocycles. The van der Waals surface area contributed by atoms with Crippen LogP contribution in [0.5, 0.6) is 5.75 Å². The number of nitrogens with zero attached hydrogens (tertiary/aromatic N) is 1. The maximum Gasteiger partial charge on any atom is 0.416 e. The zero-order valence-corrected chi connectivity index (χ0v) is 18.4. The number of hydrogen-bond donors (Lipinski definition) is 1. The Labute approximate surface area is 190 Å². The topological polar surface area (TPSA) is 69.2 Å². The van der Waals surface area contributed by atoms with E-state index in [1.807, 2.05) is 0 Å². The summed E-state index contributed by atoms with van der Waals surface area (Å²) in [7, 11) is 0. The molecule has 2 aromatic rings. The second-order valence-electron chi connectivity index (χ2n) is 7.82. The molecule has 0 aromatic heterocycles. The summed E-state index contributed by atoms with van der Waals surface area (Å²) in [5.41, 5.74) is 1.27. The van der Waals surface area contributed by atoms with E-state index in [1.165, 1.54) is 12.1 Å². The molecule has 178 valence electrons. The van der Waals surface area contributed by atoms with E-state index >= 15 is 0 Å². The molecule has 0 aliphatic carbocycles. The van der Waals surface area contributed by atoms with Crippen LogP contribution in [-0.4, -0.2) is 38.0 Å². The average Bonchev–Trinajstić information content (AvgIpc) is 2.82. The van der Waals surface area contributed by atoms with Gasteiger partial charge in [0.15, 0.2) is 6.61 Å². The van der Waals surface area contributed by atoms with Crippen LogP contribution in [0.2, 0.25) is 0 Å². The van der Waals surface area contributed by atoms with Crippen LogP contribution in [0.4, 0.5) is 13.2 Å². The SMILES string of the molecule is C/C(=N\OCc1ccc(C(F)(F)F)cc1)c1ccc(OCC(=O)NCC2CCOCC2)cc1. The number of oxime groups is 1. The maximum atomic E-state index is 12.6. The van der Waals surface area contributed by atoms with Crippen molar-refractivity contribution in [2.24, 2.45) is 11.1 Å². The Hall–Kier alpha value is -3.07. The highest BCUT2D eigenvalue weighted by Gasteiger charge is 2.29. The molecule has 1 heterocycles. The summed E-state index contributed by atoms with van der Waals surface area (Å²) >= 11 is 0. The van der Waals surface area contributed by atoms with E-state index in [9.17, 15) is 18.0 Å². The van der Waals surface area contributed by atoms with Crippen molar-refractivity contribution in [2.75, 3.05) is 26.4 Å². The zero-order chi connectivity index (χ0) is 23.7. The number of ether oxygens (including phenoxy) is 2. The molecule has 2 aromatic carbocycles. The molecule has 1 fully saturated rings. The van der Waals surface area contributed by atoms with Crippen molar-refractivity contribution in [1.29, 1.82) is 0 Å². The lowest BCUT2D eigenvalue weighted by atomic mass is 10.0. The lowest BCUT2D eigenvalue weighted by Crippen LogP contribution is -2.35. The summed E-state index contributed by atoms with van der Waals surface area (Å²) in [5.74, 6) is 0.837. The lowest BCUT2D eigenvalue weighted by molar-refractivity contribution is -0.137. The van der Waals surface area contributed by atoms with Crippen molar-refractivity contribution in [3.63, 3.8) is 0 Å². The van der Waals surface area contributed by atoms with Crippen LogP contribution < -0.4 is 10.1 Å². The van der Waals surface area contributed by atoms with Crippen LogP contribution in [-0.2, 0) is 27.2 Å². The quantitative estimate of drug-likeness (QED) is 0.436. The van der Waals surface area contributed by atoms with Gasteiger partial charge in [0, 0.05) is 19.8 Å². The van der Waals surface area contributed by atoms with E-state index < -0.39 is 11.7 Å². The molecule has 9 heteroatoms. The van der Waals surface area contributed by atoms with Crippen LogP contribution in [0.3, 0.4) is 0 Å². The molecule has 1 amide bonds.